The van der Waals surface area contributed by atoms with Crippen LogP contribution in [0.5, 0.6) is 0 Å². The molecule has 0 saturated heterocycles. The zero-order valence-electron chi connectivity index (χ0n) is 10.1. The van der Waals surface area contributed by atoms with Crippen LogP contribution in [0.2, 0.25) is 0 Å². The molecule has 1 aromatic carbocycles. The van der Waals surface area contributed by atoms with Crippen molar-refractivity contribution in [2.24, 2.45) is 11.7 Å². The highest BCUT2D eigenvalue weighted by atomic mass is 19.1. The van der Waals surface area contributed by atoms with Gasteiger partial charge in [0.1, 0.15) is 11.6 Å². The monoisotopic (exact) mass is 241 g/mol. The van der Waals surface area contributed by atoms with Crippen LogP contribution in [-0.4, -0.2) is 12.3 Å². The van der Waals surface area contributed by atoms with Crippen molar-refractivity contribution in [2.45, 2.75) is 26.7 Å². The molecular formula is C13H17F2NO. The highest BCUT2D eigenvalue weighted by Crippen LogP contribution is 2.20. The molecule has 0 aliphatic rings. The summed E-state index contributed by atoms with van der Waals surface area (Å²) in [5, 5.41) is 0. The van der Waals surface area contributed by atoms with Gasteiger partial charge in [0.05, 0.1) is 5.56 Å². The van der Waals surface area contributed by atoms with Gasteiger partial charge in [-0.05, 0) is 31.0 Å². The predicted octanol–water partition coefficient (Wildman–Crippen LogP) is 2.83. The Balaban J connectivity index is 3.00. The van der Waals surface area contributed by atoms with Crippen molar-refractivity contribution >= 4 is 5.78 Å². The summed E-state index contributed by atoms with van der Waals surface area (Å²) in [6.45, 7) is 3.75. The van der Waals surface area contributed by atoms with Crippen LogP contribution in [-0.2, 0) is 0 Å². The molecule has 2 nitrogen and oxygen atoms in total. The molecule has 0 saturated carbocycles. The van der Waals surface area contributed by atoms with E-state index >= 15 is 0 Å². The first-order valence-electron chi connectivity index (χ1n) is 5.69. The summed E-state index contributed by atoms with van der Waals surface area (Å²) in [6, 6.07) is 2.44. The molecule has 94 valence electrons. The van der Waals surface area contributed by atoms with Gasteiger partial charge in [0.2, 0.25) is 0 Å². The van der Waals surface area contributed by atoms with Gasteiger partial charge in [-0.15, -0.1) is 0 Å². The average Bonchev–Trinajstić information content (AvgIpc) is 2.31. The molecule has 0 heterocycles. The van der Waals surface area contributed by atoms with Crippen LogP contribution in [0.3, 0.4) is 0 Å². The van der Waals surface area contributed by atoms with Crippen LogP contribution in [0.15, 0.2) is 12.1 Å². The molecular weight excluding hydrogens is 224 g/mol. The Morgan fingerprint density at radius 3 is 2.59 bits per heavy atom. The van der Waals surface area contributed by atoms with Crippen molar-refractivity contribution in [3.8, 4) is 0 Å². The summed E-state index contributed by atoms with van der Waals surface area (Å²) < 4.78 is 27.1. The SMILES string of the molecule is CCC(CN)CC(=O)c1c(F)ccc(C)c1F. The van der Waals surface area contributed by atoms with Gasteiger partial charge in [-0.1, -0.05) is 19.4 Å². The minimum atomic E-state index is -0.801. The molecule has 0 aliphatic heterocycles. The van der Waals surface area contributed by atoms with Crippen LogP contribution in [0.1, 0.15) is 35.7 Å². The summed E-state index contributed by atoms with van der Waals surface area (Å²) >= 11 is 0. The zero-order valence-corrected chi connectivity index (χ0v) is 10.1. The lowest BCUT2D eigenvalue weighted by Crippen LogP contribution is -2.19. The number of nitrogens with two attached hydrogens (primary N) is 1. The van der Waals surface area contributed by atoms with Crippen LogP contribution in [0.25, 0.3) is 0 Å². The van der Waals surface area contributed by atoms with E-state index in [1.807, 2.05) is 6.92 Å². The maximum absolute atomic E-state index is 13.7. The van der Waals surface area contributed by atoms with E-state index in [-0.39, 0.29) is 17.9 Å². The summed E-state index contributed by atoms with van der Waals surface area (Å²) in [4.78, 5) is 11.8. The molecule has 1 atom stereocenters. The quantitative estimate of drug-likeness (QED) is 0.805. The van der Waals surface area contributed by atoms with E-state index in [1.165, 1.54) is 13.0 Å². The van der Waals surface area contributed by atoms with E-state index in [4.69, 9.17) is 5.73 Å². The number of halogens is 2. The van der Waals surface area contributed by atoms with Crippen LogP contribution in [0, 0.1) is 24.5 Å². The van der Waals surface area contributed by atoms with Crippen LogP contribution < -0.4 is 5.73 Å². The van der Waals surface area contributed by atoms with Gasteiger partial charge >= 0.3 is 0 Å². The topological polar surface area (TPSA) is 43.1 Å². The number of aryl methyl sites for hydroxylation is 1. The summed E-state index contributed by atoms with van der Waals surface area (Å²) in [5.41, 5.74) is 5.32. The first-order chi connectivity index (χ1) is 8.01. The highest BCUT2D eigenvalue weighted by Gasteiger charge is 2.21. The fourth-order valence-electron chi connectivity index (χ4n) is 1.67. The molecule has 2 N–H and O–H groups in total. The lowest BCUT2D eigenvalue weighted by molar-refractivity contribution is 0.0953. The van der Waals surface area contributed by atoms with E-state index in [0.29, 0.717) is 6.54 Å². The first-order valence-corrected chi connectivity index (χ1v) is 5.69. The third-order valence-electron chi connectivity index (χ3n) is 2.95. The summed E-state index contributed by atoms with van der Waals surface area (Å²) in [7, 11) is 0. The van der Waals surface area contributed by atoms with Crippen molar-refractivity contribution in [1.82, 2.24) is 0 Å². The van der Waals surface area contributed by atoms with Crippen molar-refractivity contribution < 1.29 is 13.6 Å². The Bertz CT molecular complexity index is 414. The Morgan fingerprint density at radius 2 is 2.06 bits per heavy atom. The minimum Gasteiger partial charge on any atom is -0.330 e. The fraction of sp³-hybridized carbons (Fsp3) is 0.462. The number of carbonyl (C=O) groups is 1. The molecule has 0 fully saturated rings. The zero-order chi connectivity index (χ0) is 13.0. The molecule has 0 radical (unpaired) electrons. The number of carbonyl (C=O) groups excluding carboxylic acids is 1. The summed E-state index contributed by atoms with van der Waals surface area (Å²) in [5.74, 6) is -2.10. The van der Waals surface area contributed by atoms with Gasteiger partial charge in [-0.25, -0.2) is 8.78 Å². The fourth-order valence-corrected chi connectivity index (χ4v) is 1.67. The maximum Gasteiger partial charge on any atom is 0.169 e. The van der Waals surface area contributed by atoms with Gasteiger partial charge < -0.3 is 5.73 Å². The second-order valence-electron chi connectivity index (χ2n) is 4.19. The smallest absolute Gasteiger partial charge is 0.169 e. The largest absolute Gasteiger partial charge is 0.330 e. The predicted molar refractivity (Wildman–Crippen MR) is 62.9 cm³/mol. The van der Waals surface area contributed by atoms with Gasteiger partial charge in [-0.3, -0.25) is 4.79 Å². The number of ketones is 1. The summed E-state index contributed by atoms with van der Waals surface area (Å²) in [6.07, 6.45) is 0.807. The second kappa shape index (κ2) is 5.87. The van der Waals surface area contributed by atoms with Crippen molar-refractivity contribution in [2.75, 3.05) is 6.54 Å². The third kappa shape index (κ3) is 3.09. The molecule has 0 aromatic heterocycles. The number of Topliss-reactive ketones (excluding diaryl/α,β-unsaturated/α-hetero) is 1. The van der Waals surface area contributed by atoms with Crippen molar-refractivity contribution in [3.63, 3.8) is 0 Å². The molecule has 0 bridgehead atoms. The van der Waals surface area contributed by atoms with E-state index in [0.717, 1.165) is 12.5 Å². The van der Waals surface area contributed by atoms with Gasteiger partial charge in [-0.2, -0.15) is 0 Å². The normalized spacial score (nSPS) is 12.5. The molecule has 1 aromatic rings. The number of rotatable bonds is 5. The second-order valence-corrected chi connectivity index (χ2v) is 4.19. The van der Waals surface area contributed by atoms with Crippen molar-refractivity contribution in [3.05, 3.63) is 34.9 Å². The Morgan fingerprint density at radius 1 is 1.41 bits per heavy atom. The Kier molecular flexibility index (Phi) is 4.75. The molecule has 0 aliphatic carbocycles. The molecule has 17 heavy (non-hydrogen) atoms. The van der Waals surface area contributed by atoms with Gasteiger partial charge in [0.15, 0.2) is 5.78 Å². The van der Waals surface area contributed by atoms with E-state index < -0.39 is 23.0 Å². The van der Waals surface area contributed by atoms with Crippen LogP contribution in [0.4, 0.5) is 8.78 Å². The molecule has 0 amide bonds. The molecule has 4 heteroatoms. The van der Waals surface area contributed by atoms with E-state index in [2.05, 4.69) is 0 Å². The maximum atomic E-state index is 13.7. The third-order valence-corrected chi connectivity index (χ3v) is 2.95. The first kappa shape index (κ1) is 13.8. The van der Waals surface area contributed by atoms with Gasteiger partial charge in [0.25, 0.3) is 0 Å². The van der Waals surface area contributed by atoms with E-state index in [1.54, 1.807) is 0 Å². The number of hydrogen-bond acceptors (Lipinski definition) is 2. The molecule has 1 rings (SSSR count). The Labute approximate surface area is 99.8 Å². The van der Waals surface area contributed by atoms with Crippen LogP contribution >= 0.6 is 0 Å². The van der Waals surface area contributed by atoms with Crippen molar-refractivity contribution in [1.29, 1.82) is 0 Å². The molecule has 1 unspecified atom stereocenters. The van der Waals surface area contributed by atoms with Gasteiger partial charge in [0, 0.05) is 6.42 Å². The lowest BCUT2D eigenvalue weighted by Gasteiger charge is -2.12. The standard InChI is InChI=1S/C13H17F2NO/c1-3-9(7-16)6-11(17)12-10(14)5-4-8(2)13(12)15/h4-5,9H,3,6-7,16H2,1-2H3. The lowest BCUT2D eigenvalue weighted by atomic mass is 9.95. The number of benzene rings is 1. The average molecular weight is 241 g/mol. The van der Waals surface area contributed by atoms with E-state index in [9.17, 15) is 13.6 Å². The minimum absolute atomic E-state index is 0.0261. The highest BCUT2D eigenvalue weighted by molar-refractivity contribution is 5.97. The molecule has 0 spiro atoms. The Hall–Kier alpha value is -1.29. The number of hydrogen-bond donors (Lipinski definition) is 1.